The van der Waals surface area contributed by atoms with E-state index in [2.05, 4.69) is 185 Å². The number of pyridine rings is 2. The predicted molar refractivity (Wildman–Crippen MR) is 244 cm³/mol. The van der Waals surface area contributed by atoms with Gasteiger partial charge in [0, 0.05) is 61.7 Å². The second kappa shape index (κ2) is 16.4. The molecular weight excluding hydrogens is 745 g/mol. The Morgan fingerprint density at radius 1 is 0.533 bits per heavy atom. The maximum absolute atomic E-state index is 4.52. The zero-order chi connectivity index (χ0) is 41.7. The minimum absolute atomic E-state index is 0.452. The summed E-state index contributed by atoms with van der Waals surface area (Å²) in [5.41, 5.74) is 13.9. The molecule has 0 radical (unpaired) electrons. The number of benzene rings is 2. The molecule has 60 heavy (non-hydrogen) atoms. The normalized spacial score (nSPS) is 20.3. The van der Waals surface area contributed by atoms with Crippen molar-refractivity contribution in [1.82, 2.24) is 48.1 Å². The van der Waals surface area contributed by atoms with Gasteiger partial charge in [-0.15, -0.1) is 20.4 Å². The van der Waals surface area contributed by atoms with E-state index in [0.717, 1.165) is 86.2 Å². The van der Waals surface area contributed by atoms with E-state index < -0.39 is 0 Å². The van der Waals surface area contributed by atoms with Crippen LogP contribution < -0.4 is 10.6 Å². The highest BCUT2D eigenvalue weighted by atomic mass is 15.3. The number of piperidine rings is 2. The fourth-order valence-corrected chi connectivity index (χ4v) is 9.52. The van der Waals surface area contributed by atoms with Crippen LogP contribution in [0.15, 0.2) is 84.9 Å². The van der Waals surface area contributed by atoms with Crippen LogP contribution >= 0.6 is 0 Å². The van der Waals surface area contributed by atoms with Crippen LogP contribution in [0.1, 0.15) is 73.7 Å². The molecule has 0 aliphatic carbocycles. The number of hydrogen-bond acceptors (Lipinski definition) is 8. The van der Waals surface area contributed by atoms with Gasteiger partial charge in [0.05, 0.1) is 33.4 Å². The fourth-order valence-electron chi connectivity index (χ4n) is 9.52. The van der Waals surface area contributed by atoms with E-state index in [1.165, 1.54) is 44.6 Å². The van der Waals surface area contributed by atoms with E-state index in [-0.39, 0.29) is 0 Å². The maximum Gasteiger partial charge on any atom is 0.184 e. The van der Waals surface area contributed by atoms with Gasteiger partial charge in [-0.3, -0.25) is 8.80 Å². The van der Waals surface area contributed by atoms with Crippen molar-refractivity contribution in [3.8, 4) is 0 Å². The van der Waals surface area contributed by atoms with Crippen LogP contribution in [0.3, 0.4) is 0 Å². The summed E-state index contributed by atoms with van der Waals surface area (Å²) in [6.07, 6.45) is 4.56. The van der Waals surface area contributed by atoms with Crippen molar-refractivity contribution >= 4 is 44.7 Å². The molecule has 4 atom stereocenters. The van der Waals surface area contributed by atoms with Crippen LogP contribution in [0.4, 0.5) is 11.4 Å². The number of likely N-dealkylation sites (tertiary alicyclic amines) is 2. The zero-order valence-corrected chi connectivity index (χ0v) is 36.5. The first-order chi connectivity index (χ1) is 29.0. The van der Waals surface area contributed by atoms with E-state index in [1.807, 2.05) is 13.8 Å². The first-order valence-electron chi connectivity index (χ1n) is 21.7. The van der Waals surface area contributed by atoms with Crippen LogP contribution in [0.5, 0.6) is 0 Å². The van der Waals surface area contributed by atoms with E-state index in [1.54, 1.807) is 0 Å². The lowest BCUT2D eigenvalue weighted by Gasteiger charge is -2.35. The average Bonchev–Trinajstić information content (AvgIpc) is 3.99. The molecule has 312 valence electrons. The van der Waals surface area contributed by atoms with Crippen LogP contribution in [0, 0.1) is 27.7 Å². The quantitative estimate of drug-likeness (QED) is 0.158. The predicted octanol–water partition coefficient (Wildman–Crippen LogP) is 8.49. The van der Waals surface area contributed by atoms with Crippen molar-refractivity contribution < 1.29 is 0 Å². The molecule has 6 aromatic heterocycles. The molecule has 2 aliphatic rings. The summed E-state index contributed by atoms with van der Waals surface area (Å²) in [5.74, 6) is 1.85. The molecule has 0 amide bonds. The number of aryl methyl sites for hydroxylation is 4. The number of hydrogen-bond donors (Lipinski definition) is 2. The third-order valence-electron chi connectivity index (χ3n) is 13.3. The first-order valence-corrected chi connectivity index (χ1v) is 21.7. The van der Waals surface area contributed by atoms with Crippen molar-refractivity contribution in [3.63, 3.8) is 0 Å². The minimum atomic E-state index is 0.452. The standard InChI is InChI=1S/2C24H30N6/c2*1-16-12-20(10-11-28(16)4)25-21-14-22-23(30-18(3)26-27-24(21)30)13-17(2)29(22)15-19-8-6-5-7-9-19/h2*5-9,13-14,16,20,25H,10-12,15H2,1-4H3/t2*16-,20-/m10/s1. The third-order valence-corrected chi connectivity index (χ3v) is 13.3. The zero-order valence-electron chi connectivity index (χ0n) is 36.5. The molecule has 2 N–H and O–H groups in total. The molecule has 0 bridgehead atoms. The summed E-state index contributed by atoms with van der Waals surface area (Å²) < 4.78 is 9.19. The van der Waals surface area contributed by atoms with Crippen molar-refractivity contribution in [2.75, 3.05) is 37.8 Å². The molecule has 0 spiro atoms. The van der Waals surface area contributed by atoms with Crippen LogP contribution in [-0.4, -0.2) is 99.5 Å². The average molecular weight is 805 g/mol. The van der Waals surface area contributed by atoms with Gasteiger partial charge in [-0.2, -0.15) is 0 Å². The number of anilines is 2. The lowest BCUT2D eigenvalue weighted by Crippen LogP contribution is -2.42. The number of nitrogens with one attached hydrogen (secondary N) is 2. The van der Waals surface area contributed by atoms with Crippen LogP contribution in [0.25, 0.3) is 33.4 Å². The van der Waals surface area contributed by atoms with Gasteiger partial charge >= 0.3 is 0 Å². The third kappa shape index (κ3) is 7.62. The summed E-state index contributed by atoms with van der Waals surface area (Å²) in [5, 5.41) is 25.5. The maximum atomic E-state index is 4.52. The molecule has 2 aromatic carbocycles. The molecule has 8 aromatic rings. The largest absolute Gasteiger partial charge is 0.379 e. The van der Waals surface area contributed by atoms with Gasteiger partial charge in [0.15, 0.2) is 11.3 Å². The summed E-state index contributed by atoms with van der Waals surface area (Å²) in [6.45, 7) is 17.0. The van der Waals surface area contributed by atoms with Gasteiger partial charge in [-0.05, 0) is 117 Å². The van der Waals surface area contributed by atoms with E-state index in [9.17, 15) is 0 Å². The molecule has 0 unspecified atom stereocenters. The van der Waals surface area contributed by atoms with Gasteiger partial charge in [0.2, 0.25) is 0 Å². The molecule has 2 aliphatic heterocycles. The second-order valence-corrected chi connectivity index (χ2v) is 17.6. The number of rotatable bonds is 8. The minimum Gasteiger partial charge on any atom is -0.379 e. The van der Waals surface area contributed by atoms with E-state index >= 15 is 0 Å². The van der Waals surface area contributed by atoms with E-state index in [4.69, 9.17) is 0 Å². The summed E-state index contributed by atoms with van der Waals surface area (Å²) in [6, 6.07) is 32.4. The Hall–Kier alpha value is -5.72. The smallest absolute Gasteiger partial charge is 0.184 e. The number of fused-ring (bicyclic) bond motifs is 6. The van der Waals surface area contributed by atoms with Gasteiger partial charge < -0.3 is 29.6 Å². The Morgan fingerprint density at radius 3 is 1.32 bits per heavy atom. The number of aromatic nitrogens is 8. The van der Waals surface area contributed by atoms with Gasteiger partial charge in [-0.25, -0.2) is 0 Å². The first kappa shape index (κ1) is 39.7. The van der Waals surface area contributed by atoms with Gasteiger partial charge in [0.25, 0.3) is 0 Å². The molecule has 12 heteroatoms. The van der Waals surface area contributed by atoms with E-state index in [0.29, 0.717) is 24.2 Å². The Morgan fingerprint density at radius 2 is 0.933 bits per heavy atom. The lowest BCUT2D eigenvalue weighted by atomic mass is 9.99. The SMILES string of the molecule is Cc1cc2c(cc(N[C@@H]3CCN(C)[C@H](C)C3)c3nnc(C)n32)n1Cc1ccccc1.Cc1cc2c(cc(N[C@H]3CCN(C)[C@@H](C)C3)c3nnc(C)n32)n1Cc1ccccc1. The monoisotopic (exact) mass is 805 g/mol. The molecule has 8 heterocycles. The molecule has 12 nitrogen and oxygen atoms in total. The summed E-state index contributed by atoms with van der Waals surface area (Å²) in [4.78, 5) is 4.87. The molecule has 2 saturated heterocycles. The topological polar surface area (TPSA) is 101 Å². The van der Waals surface area contributed by atoms with Crippen LogP contribution in [-0.2, 0) is 13.1 Å². The Labute approximate surface area is 353 Å². The Kier molecular flexibility index (Phi) is 10.8. The summed E-state index contributed by atoms with van der Waals surface area (Å²) in [7, 11) is 4.43. The van der Waals surface area contributed by atoms with Crippen molar-refractivity contribution in [2.45, 2.75) is 104 Å². The highest BCUT2D eigenvalue weighted by molar-refractivity contribution is 5.89. The van der Waals surface area contributed by atoms with Crippen molar-refractivity contribution in [2.24, 2.45) is 0 Å². The fraction of sp³-hybridized carbons (Fsp3) is 0.417. The second-order valence-electron chi connectivity index (χ2n) is 17.6. The van der Waals surface area contributed by atoms with Crippen LogP contribution in [0.2, 0.25) is 0 Å². The molecular formula is C48H60N12. The highest BCUT2D eigenvalue weighted by Crippen LogP contribution is 2.32. The van der Waals surface area contributed by atoms with Crippen molar-refractivity contribution in [1.29, 1.82) is 0 Å². The highest BCUT2D eigenvalue weighted by Gasteiger charge is 2.26. The lowest BCUT2D eigenvalue weighted by molar-refractivity contribution is 0.190. The molecule has 2 fully saturated rings. The van der Waals surface area contributed by atoms with Gasteiger partial charge in [-0.1, -0.05) is 60.7 Å². The van der Waals surface area contributed by atoms with Crippen molar-refractivity contribution in [3.05, 3.63) is 119 Å². The Bertz CT molecular complexity index is 2570. The Balaban J connectivity index is 0.000000154. The van der Waals surface area contributed by atoms with Gasteiger partial charge in [0.1, 0.15) is 11.6 Å². The molecule has 0 saturated carbocycles. The molecule has 10 rings (SSSR count). The summed E-state index contributed by atoms with van der Waals surface area (Å²) >= 11 is 0. The number of nitrogens with zero attached hydrogens (tertiary/aromatic N) is 10.